The molecule has 1 atom stereocenters. The van der Waals surface area contributed by atoms with Gasteiger partial charge in [-0.25, -0.2) is 13.8 Å². The third-order valence-electron chi connectivity index (χ3n) is 7.75. The molecule has 0 saturated carbocycles. The van der Waals surface area contributed by atoms with E-state index in [4.69, 9.17) is 14.8 Å². The molecule has 0 bridgehead atoms. The van der Waals surface area contributed by atoms with Crippen LogP contribution < -0.4 is 4.74 Å². The Labute approximate surface area is 253 Å². The van der Waals surface area contributed by atoms with E-state index in [1.165, 1.54) is 17.4 Å². The lowest BCUT2D eigenvalue weighted by Crippen LogP contribution is -2.40. The quantitative estimate of drug-likeness (QED) is 0.244. The van der Waals surface area contributed by atoms with Crippen molar-refractivity contribution in [1.82, 2.24) is 34.3 Å². The van der Waals surface area contributed by atoms with Gasteiger partial charge in [0.25, 0.3) is 0 Å². The van der Waals surface area contributed by atoms with Crippen molar-refractivity contribution in [3.63, 3.8) is 0 Å². The summed E-state index contributed by atoms with van der Waals surface area (Å²) in [7, 11) is 0. The summed E-state index contributed by atoms with van der Waals surface area (Å²) in [6.45, 7) is 5.93. The average molecular weight is 614 g/mol. The minimum absolute atomic E-state index is 0.0121. The highest BCUT2D eigenvalue weighted by Gasteiger charge is 2.31. The van der Waals surface area contributed by atoms with E-state index in [1.807, 2.05) is 47.4 Å². The predicted octanol–water partition coefficient (Wildman–Crippen LogP) is 5.28. The largest absolute Gasteiger partial charge is 0.490 e. The Hall–Kier alpha value is -5.01. The lowest BCUT2D eigenvalue weighted by Gasteiger charge is -2.33. The number of aliphatic hydroxyl groups is 1. The Balaban J connectivity index is 1.52. The van der Waals surface area contributed by atoms with Crippen molar-refractivity contribution in [3.05, 3.63) is 84.3 Å². The van der Waals surface area contributed by atoms with E-state index in [0.29, 0.717) is 46.1 Å². The third kappa shape index (κ3) is 4.52. The number of benzene rings is 1. The molecule has 1 amide bonds. The number of carbonyl (C=O) groups is 1. The van der Waals surface area contributed by atoms with Crippen molar-refractivity contribution >= 4 is 33.0 Å². The number of ether oxygens (including phenoxy) is 1. The number of nitrogens with zero attached hydrogens (tertiary/aromatic N) is 7. The first-order valence-electron chi connectivity index (χ1n) is 13.8. The fraction of sp³-hybridized carbons (Fsp3) is 0.194. The minimum atomic E-state index is -0.838. The van der Waals surface area contributed by atoms with Gasteiger partial charge in [-0.2, -0.15) is 5.10 Å². The number of halogens is 2. The molecule has 0 unspecified atom stereocenters. The molecule has 6 heterocycles. The SMILES string of the molecule is C=CC(=O)N1CCn2nc(-c3nc(-c4ccc5nncn5c4)c4ccsc4c3-c3c(F)cc(F)cc3OCCO)cc2[C@@H]1C. The highest BCUT2D eigenvalue weighted by molar-refractivity contribution is 7.18. The van der Waals surface area contributed by atoms with Crippen molar-refractivity contribution in [2.45, 2.75) is 19.5 Å². The summed E-state index contributed by atoms with van der Waals surface area (Å²) < 4.78 is 40.3. The van der Waals surface area contributed by atoms with E-state index < -0.39 is 11.6 Å². The van der Waals surface area contributed by atoms with Gasteiger partial charge in [-0.1, -0.05) is 6.58 Å². The molecule has 1 aliphatic rings. The van der Waals surface area contributed by atoms with Gasteiger partial charge in [-0.3, -0.25) is 13.9 Å². The molecule has 1 aliphatic heterocycles. The molecular weight excluding hydrogens is 588 g/mol. The average Bonchev–Trinajstić information content (AvgIpc) is 3.79. The molecule has 0 aliphatic carbocycles. The van der Waals surface area contributed by atoms with Crippen LogP contribution in [0.1, 0.15) is 18.7 Å². The maximum atomic E-state index is 15.9. The predicted molar refractivity (Wildman–Crippen MR) is 161 cm³/mol. The second-order valence-corrected chi connectivity index (χ2v) is 11.2. The van der Waals surface area contributed by atoms with Crippen LogP contribution in [0.2, 0.25) is 0 Å². The summed E-state index contributed by atoms with van der Waals surface area (Å²) in [5, 5.41) is 25.0. The van der Waals surface area contributed by atoms with E-state index >= 15 is 4.39 Å². The van der Waals surface area contributed by atoms with Gasteiger partial charge in [-0.05, 0) is 42.6 Å². The highest BCUT2D eigenvalue weighted by Crippen LogP contribution is 2.47. The number of hydrogen-bond acceptors (Lipinski definition) is 8. The zero-order chi connectivity index (χ0) is 30.5. The summed E-state index contributed by atoms with van der Waals surface area (Å²) in [5.41, 5.74) is 4.05. The Morgan fingerprint density at radius 2 is 2.05 bits per heavy atom. The smallest absolute Gasteiger partial charge is 0.246 e. The molecule has 222 valence electrons. The number of aromatic nitrogens is 6. The molecule has 0 spiro atoms. The molecule has 0 radical (unpaired) electrons. The molecule has 0 fully saturated rings. The second-order valence-electron chi connectivity index (χ2n) is 10.3. The Kier molecular flexibility index (Phi) is 6.90. The van der Waals surface area contributed by atoms with Crippen molar-refractivity contribution in [3.8, 4) is 39.5 Å². The molecule has 0 saturated heterocycles. The summed E-state index contributed by atoms with van der Waals surface area (Å²) in [6, 6.07) is 9.08. The molecule has 44 heavy (non-hydrogen) atoms. The lowest BCUT2D eigenvalue weighted by molar-refractivity contribution is -0.129. The van der Waals surface area contributed by atoms with E-state index in [0.717, 1.165) is 28.8 Å². The number of hydrogen-bond donors (Lipinski definition) is 1. The fourth-order valence-corrected chi connectivity index (χ4v) is 6.68. The standard InChI is InChI=1S/C31H25F2N7O3S/c1-3-26(42)39-7-8-40-23(17(39)2)14-22(37-40)30-28(27-21(33)12-19(32)13-24(27)43-10-9-41)31-20(6-11-44-31)29(35-30)18-4-5-25-36-34-16-38(25)15-18/h3-6,11-17,41H,1,7-10H2,2H3/t17-/m0/s1. The Bertz CT molecular complexity index is 2090. The van der Waals surface area contributed by atoms with Crippen molar-refractivity contribution in [2.75, 3.05) is 19.8 Å². The van der Waals surface area contributed by atoms with Crippen LogP contribution in [-0.2, 0) is 11.3 Å². The van der Waals surface area contributed by atoms with Gasteiger partial charge in [0.05, 0.1) is 36.1 Å². The molecule has 1 N–H and O–H groups in total. The van der Waals surface area contributed by atoms with Gasteiger partial charge in [-0.15, -0.1) is 21.5 Å². The number of carbonyl (C=O) groups excluding carboxylic acids is 1. The fourth-order valence-electron chi connectivity index (χ4n) is 5.73. The summed E-state index contributed by atoms with van der Waals surface area (Å²) >= 11 is 1.38. The van der Waals surface area contributed by atoms with Gasteiger partial charge >= 0.3 is 0 Å². The van der Waals surface area contributed by atoms with Crippen LogP contribution in [0.15, 0.2) is 67.0 Å². The van der Waals surface area contributed by atoms with E-state index in [1.54, 1.807) is 15.6 Å². The van der Waals surface area contributed by atoms with Crippen LogP contribution in [0.25, 0.3) is 49.5 Å². The monoisotopic (exact) mass is 613 g/mol. The van der Waals surface area contributed by atoms with Crippen molar-refractivity contribution in [1.29, 1.82) is 0 Å². The number of thiophene rings is 1. The molecule has 13 heteroatoms. The zero-order valence-electron chi connectivity index (χ0n) is 23.4. The number of pyridine rings is 2. The number of aliphatic hydroxyl groups excluding tert-OH is 1. The minimum Gasteiger partial charge on any atom is -0.490 e. The van der Waals surface area contributed by atoms with E-state index in [-0.39, 0.29) is 36.5 Å². The molecule has 10 nitrogen and oxygen atoms in total. The maximum Gasteiger partial charge on any atom is 0.246 e. The topological polar surface area (TPSA) is 111 Å². The normalized spacial score (nSPS) is 14.7. The molecular formula is C31H25F2N7O3S. The van der Waals surface area contributed by atoms with Gasteiger partial charge in [0.15, 0.2) is 5.65 Å². The Morgan fingerprint density at radius 3 is 2.86 bits per heavy atom. The van der Waals surface area contributed by atoms with E-state index in [2.05, 4.69) is 16.8 Å². The van der Waals surface area contributed by atoms with Crippen LogP contribution >= 0.6 is 11.3 Å². The van der Waals surface area contributed by atoms with Crippen molar-refractivity contribution in [2.24, 2.45) is 0 Å². The van der Waals surface area contributed by atoms with Gasteiger partial charge in [0.1, 0.15) is 41.7 Å². The second kappa shape index (κ2) is 10.9. The van der Waals surface area contributed by atoms with Crippen LogP contribution in [0, 0.1) is 11.6 Å². The Morgan fingerprint density at radius 1 is 1.18 bits per heavy atom. The first-order chi connectivity index (χ1) is 21.4. The summed E-state index contributed by atoms with van der Waals surface area (Å²) in [6.07, 6.45) is 4.75. The summed E-state index contributed by atoms with van der Waals surface area (Å²) in [5.74, 6) is -1.90. The molecule has 7 rings (SSSR count). The molecule has 1 aromatic carbocycles. The van der Waals surface area contributed by atoms with Crippen LogP contribution in [-0.4, -0.2) is 65.0 Å². The van der Waals surface area contributed by atoms with Gasteiger partial charge in [0, 0.05) is 46.1 Å². The lowest BCUT2D eigenvalue weighted by atomic mass is 9.96. The third-order valence-corrected chi connectivity index (χ3v) is 8.68. The zero-order valence-corrected chi connectivity index (χ0v) is 24.3. The maximum absolute atomic E-state index is 15.9. The van der Waals surface area contributed by atoms with Crippen molar-refractivity contribution < 1.29 is 23.4 Å². The first kappa shape index (κ1) is 27.8. The molecule has 6 aromatic rings. The summed E-state index contributed by atoms with van der Waals surface area (Å²) in [4.78, 5) is 19.4. The number of fused-ring (bicyclic) bond motifs is 3. The van der Waals surface area contributed by atoms with Crippen LogP contribution in [0.3, 0.4) is 0 Å². The highest BCUT2D eigenvalue weighted by atomic mass is 32.1. The molecule has 5 aromatic heterocycles. The van der Waals surface area contributed by atoms with Crippen LogP contribution in [0.4, 0.5) is 8.78 Å². The van der Waals surface area contributed by atoms with Gasteiger partial charge in [0.2, 0.25) is 5.91 Å². The van der Waals surface area contributed by atoms with Crippen LogP contribution in [0.5, 0.6) is 5.75 Å². The number of rotatable bonds is 7. The number of amides is 1. The van der Waals surface area contributed by atoms with E-state index in [9.17, 15) is 14.3 Å². The van der Waals surface area contributed by atoms with Gasteiger partial charge < -0.3 is 14.7 Å². The first-order valence-corrected chi connectivity index (χ1v) is 14.7.